The van der Waals surface area contributed by atoms with Gasteiger partial charge in [0.15, 0.2) is 0 Å². The van der Waals surface area contributed by atoms with Crippen LogP contribution in [0.4, 0.5) is 0 Å². The molecular formula is C13H24O2. The molecule has 88 valence electrons. The van der Waals surface area contributed by atoms with Gasteiger partial charge in [-0.3, -0.25) is 4.79 Å². The molecular weight excluding hydrogens is 188 g/mol. The van der Waals surface area contributed by atoms with Gasteiger partial charge >= 0.3 is 5.97 Å². The molecule has 0 amide bonds. The van der Waals surface area contributed by atoms with Crippen molar-refractivity contribution in [3.63, 3.8) is 0 Å². The molecule has 0 aromatic carbocycles. The van der Waals surface area contributed by atoms with E-state index in [1.165, 1.54) is 12.8 Å². The second kappa shape index (κ2) is 9.75. The largest absolute Gasteiger partial charge is 0.463 e. The van der Waals surface area contributed by atoms with E-state index in [1.807, 2.05) is 13.8 Å². The third kappa shape index (κ3) is 11.1. The molecule has 0 saturated heterocycles. The Morgan fingerprint density at radius 2 is 1.80 bits per heavy atom. The molecule has 15 heavy (non-hydrogen) atoms. The van der Waals surface area contributed by atoms with Crippen molar-refractivity contribution in [2.45, 2.75) is 65.4 Å². The van der Waals surface area contributed by atoms with E-state index in [0.29, 0.717) is 6.42 Å². The summed E-state index contributed by atoms with van der Waals surface area (Å²) in [4.78, 5) is 11.1. The SMILES string of the molecule is CCCC/C=C\CCCC(=O)OC(C)C. The summed E-state index contributed by atoms with van der Waals surface area (Å²) in [7, 11) is 0. The van der Waals surface area contributed by atoms with Crippen molar-refractivity contribution in [2.75, 3.05) is 0 Å². The lowest BCUT2D eigenvalue weighted by Crippen LogP contribution is -2.10. The molecule has 0 radical (unpaired) electrons. The Balaban J connectivity index is 3.30. The lowest BCUT2D eigenvalue weighted by atomic mass is 10.2. The van der Waals surface area contributed by atoms with E-state index < -0.39 is 0 Å². The van der Waals surface area contributed by atoms with Gasteiger partial charge in [-0.15, -0.1) is 0 Å². The third-order valence-electron chi connectivity index (χ3n) is 2.01. The van der Waals surface area contributed by atoms with E-state index in [0.717, 1.165) is 19.3 Å². The van der Waals surface area contributed by atoms with Crippen molar-refractivity contribution in [3.8, 4) is 0 Å². The van der Waals surface area contributed by atoms with Gasteiger partial charge in [-0.2, -0.15) is 0 Å². The molecule has 0 aliphatic heterocycles. The van der Waals surface area contributed by atoms with Crippen LogP contribution in [0, 0.1) is 0 Å². The van der Waals surface area contributed by atoms with Crippen LogP contribution in [-0.4, -0.2) is 12.1 Å². The quantitative estimate of drug-likeness (QED) is 0.347. The monoisotopic (exact) mass is 212 g/mol. The number of hydrogen-bond donors (Lipinski definition) is 0. The fraction of sp³-hybridized carbons (Fsp3) is 0.769. The average Bonchev–Trinajstić information content (AvgIpc) is 2.15. The number of allylic oxidation sites excluding steroid dienone is 2. The van der Waals surface area contributed by atoms with E-state index in [1.54, 1.807) is 0 Å². The van der Waals surface area contributed by atoms with Crippen molar-refractivity contribution in [1.29, 1.82) is 0 Å². The van der Waals surface area contributed by atoms with Gasteiger partial charge in [-0.05, 0) is 33.1 Å². The summed E-state index contributed by atoms with van der Waals surface area (Å²) in [5.74, 6) is -0.0769. The van der Waals surface area contributed by atoms with Gasteiger partial charge < -0.3 is 4.74 Å². The molecule has 0 atom stereocenters. The highest BCUT2D eigenvalue weighted by atomic mass is 16.5. The minimum absolute atomic E-state index is 0.0117. The molecule has 0 aliphatic carbocycles. The summed E-state index contributed by atoms with van der Waals surface area (Å²) in [5.41, 5.74) is 0. The van der Waals surface area contributed by atoms with E-state index in [9.17, 15) is 4.79 Å². The normalized spacial score (nSPS) is 11.2. The summed E-state index contributed by atoms with van der Waals surface area (Å²) < 4.78 is 5.03. The summed E-state index contributed by atoms with van der Waals surface area (Å²) in [5, 5.41) is 0. The number of esters is 1. The zero-order valence-corrected chi connectivity index (χ0v) is 10.3. The predicted molar refractivity (Wildman–Crippen MR) is 63.7 cm³/mol. The van der Waals surface area contributed by atoms with Crippen molar-refractivity contribution >= 4 is 5.97 Å². The molecule has 0 spiro atoms. The first-order chi connectivity index (χ1) is 7.16. The van der Waals surface area contributed by atoms with Crippen LogP contribution < -0.4 is 0 Å². The molecule has 0 aromatic heterocycles. The minimum atomic E-state index is -0.0769. The summed E-state index contributed by atoms with van der Waals surface area (Å²) in [6.45, 7) is 5.95. The maximum absolute atomic E-state index is 11.1. The van der Waals surface area contributed by atoms with Crippen LogP contribution in [0.1, 0.15) is 59.3 Å². The van der Waals surface area contributed by atoms with Gasteiger partial charge in [-0.25, -0.2) is 0 Å². The Labute approximate surface area is 93.7 Å². The zero-order valence-electron chi connectivity index (χ0n) is 10.3. The molecule has 2 nitrogen and oxygen atoms in total. The fourth-order valence-corrected chi connectivity index (χ4v) is 1.24. The van der Waals surface area contributed by atoms with E-state index in [4.69, 9.17) is 4.74 Å². The molecule has 0 bridgehead atoms. The van der Waals surface area contributed by atoms with Gasteiger partial charge in [0.1, 0.15) is 0 Å². The number of carbonyl (C=O) groups excluding carboxylic acids is 1. The number of ether oxygens (including phenoxy) is 1. The van der Waals surface area contributed by atoms with Crippen LogP contribution in [0.2, 0.25) is 0 Å². The van der Waals surface area contributed by atoms with E-state index in [2.05, 4.69) is 19.1 Å². The van der Waals surface area contributed by atoms with Crippen LogP contribution in [0.3, 0.4) is 0 Å². The van der Waals surface area contributed by atoms with Gasteiger partial charge in [0, 0.05) is 6.42 Å². The van der Waals surface area contributed by atoms with E-state index in [-0.39, 0.29) is 12.1 Å². The molecule has 0 fully saturated rings. The molecule has 0 rings (SSSR count). The first-order valence-electron chi connectivity index (χ1n) is 6.01. The molecule has 0 aromatic rings. The van der Waals surface area contributed by atoms with Gasteiger partial charge in [0.05, 0.1) is 6.10 Å². The van der Waals surface area contributed by atoms with Crippen molar-refractivity contribution in [2.24, 2.45) is 0 Å². The van der Waals surface area contributed by atoms with Gasteiger partial charge in [-0.1, -0.05) is 31.9 Å². The van der Waals surface area contributed by atoms with Gasteiger partial charge in [0.25, 0.3) is 0 Å². The maximum atomic E-state index is 11.1. The molecule has 2 heteroatoms. The number of unbranched alkanes of at least 4 members (excludes halogenated alkanes) is 3. The summed E-state index contributed by atoms with van der Waals surface area (Å²) in [6.07, 6.45) is 10.5. The van der Waals surface area contributed by atoms with Gasteiger partial charge in [0.2, 0.25) is 0 Å². The third-order valence-corrected chi connectivity index (χ3v) is 2.01. The number of hydrogen-bond acceptors (Lipinski definition) is 2. The topological polar surface area (TPSA) is 26.3 Å². The first-order valence-corrected chi connectivity index (χ1v) is 6.01. The predicted octanol–water partition coefficient (Wildman–Crippen LogP) is 3.85. The Morgan fingerprint density at radius 1 is 1.20 bits per heavy atom. The lowest BCUT2D eigenvalue weighted by Gasteiger charge is -2.06. The molecule has 0 saturated carbocycles. The van der Waals surface area contributed by atoms with Crippen molar-refractivity contribution in [3.05, 3.63) is 12.2 Å². The average molecular weight is 212 g/mol. The second-order valence-corrected chi connectivity index (χ2v) is 4.04. The van der Waals surface area contributed by atoms with E-state index >= 15 is 0 Å². The zero-order chi connectivity index (χ0) is 11.5. The van der Waals surface area contributed by atoms with Crippen LogP contribution in [0.5, 0.6) is 0 Å². The van der Waals surface area contributed by atoms with Crippen LogP contribution in [0.25, 0.3) is 0 Å². The lowest BCUT2D eigenvalue weighted by molar-refractivity contribution is -0.147. The number of rotatable bonds is 8. The van der Waals surface area contributed by atoms with Crippen molar-refractivity contribution in [1.82, 2.24) is 0 Å². The molecule has 0 aliphatic rings. The Bertz CT molecular complexity index is 183. The highest BCUT2D eigenvalue weighted by Gasteiger charge is 2.03. The minimum Gasteiger partial charge on any atom is -0.463 e. The van der Waals surface area contributed by atoms with Crippen molar-refractivity contribution < 1.29 is 9.53 Å². The smallest absolute Gasteiger partial charge is 0.306 e. The van der Waals surface area contributed by atoms with Crippen LogP contribution in [0.15, 0.2) is 12.2 Å². The summed E-state index contributed by atoms with van der Waals surface area (Å²) in [6, 6.07) is 0. The number of carbonyl (C=O) groups is 1. The summed E-state index contributed by atoms with van der Waals surface area (Å²) >= 11 is 0. The Morgan fingerprint density at radius 3 is 2.33 bits per heavy atom. The fourth-order valence-electron chi connectivity index (χ4n) is 1.24. The Kier molecular flexibility index (Phi) is 9.24. The standard InChI is InChI=1S/C13H24O2/c1-4-5-6-7-8-9-10-11-13(14)15-12(2)3/h7-8,12H,4-6,9-11H2,1-3H3/b8-7-. The highest BCUT2D eigenvalue weighted by Crippen LogP contribution is 2.02. The molecule has 0 unspecified atom stereocenters. The van der Waals surface area contributed by atoms with Crippen LogP contribution in [-0.2, 0) is 9.53 Å². The second-order valence-electron chi connectivity index (χ2n) is 4.04. The van der Waals surface area contributed by atoms with Crippen LogP contribution >= 0.6 is 0 Å². The molecule has 0 N–H and O–H groups in total. The highest BCUT2D eigenvalue weighted by molar-refractivity contribution is 5.69. The Hall–Kier alpha value is -0.790. The maximum Gasteiger partial charge on any atom is 0.306 e. The molecule has 0 heterocycles. The first kappa shape index (κ1) is 14.2.